The van der Waals surface area contributed by atoms with E-state index < -0.39 is 35.4 Å². The summed E-state index contributed by atoms with van der Waals surface area (Å²) in [4.78, 5) is 49.1. The zero-order valence-corrected chi connectivity index (χ0v) is 18.2. The summed E-state index contributed by atoms with van der Waals surface area (Å²) in [7, 11) is 0. The second kappa shape index (κ2) is 10.7. The maximum Gasteiger partial charge on any atom is 0.331 e. The standard InChI is InChI=1S/C24H22N4O6/c1-16-6-5-7-18(14-16)26-24(32)25-15-21(29)27(19-8-3-2-4-9-19)22(23(30)31)17-10-12-20(13-11-17)28(33)34/h2-14,22H,15H2,1H3,(H,30,31)(H2,25,26,32)/t22-/m0/s1. The second-order valence-corrected chi connectivity index (χ2v) is 7.37. The van der Waals surface area contributed by atoms with Gasteiger partial charge in [0.2, 0.25) is 5.91 Å². The van der Waals surface area contributed by atoms with Crippen LogP contribution >= 0.6 is 0 Å². The summed E-state index contributed by atoms with van der Waals surface area (Å²) in [5.41, 5.74) is 1.73. The normalized spacial score (nSPS) is 11.2. The lowest BCUT2D eigenvalue weighted by molar-refractivity contribution is -0.384. The molecule has 10 nitrogen and oxygen atoms in total. The number of nitro groups is 1. The van der Waals surface area contributed by atoms with Crippen molar-refractivity contribution in [3.05, 3.63) is 100 Å². The minimum Gasteiger partial charge on any atom is -0.479 e. The van der Waals surface area contributed by atoms with Crippen molar-refractivity contribution in [3.63, 3.8) is 0 Å². The van der Waals surface area contributed by atoms with Gasteiger partial charge < -0.3 is 15.7 Å². The van der Waals surface area contributed by atoms with Gasteiger partial charge in [-0.1, -0.05) is 30.3 Å². The molecule has 0 aromatic heterocycles. The summed E-state index contributed by atoms with van der Waals surface area (Å²) in [6, 6.07) is 18.0. The number of nitro benzene ring substituents is 1. The van der Waals surface area contributed by atoms with Crippen molar-refractivity contribution in [1.82, 2.24) is 5.32 Å². The Bertz CT molecular complexity index is 1200. The molecule has 0 spiro atoms. The van der Waals surface area contributed by atoms with E-state index in [0.717, 1.165) is 10.5 Å². The maximum atomic E-state index is 13.2. The SMILES string of the molecule is Cc1cccc(NC(=O)NCC(=O)N(c2ccccc2)[C@H](C(=O)O)c2ccc([N+](=O)[O-])cc2)c1. The molecular weight excluding hydrogens is 440 g/mol. The average Bonchev–Trinajstić information content (AvgIpc) is 2.81. The van der Waals surface area contributed by atoms with Crippen molar-refractivity contribution in [2.45, 2.75) is 13.0 Å². The van der Waals surface area contributed by atoms with Gasteiger partial charge in [-0.25, -0.2) is 9.59 Å². The van der Waals surface area contributed by atoms with E-state index in [2.05, 4.69) is 10.6 Å². The van der Waals surface area contributed by atoms with Gasteiger partial charge in [0.15, 0.2) is 6.04 Å². The van der Waals surface area contributed by atoms with Crippen LogP contribution in [0.2, 0.25) is 0 Å². The molecule has 0 aliphatic carbocycles. The van der Waals surface area contributed by atoms with Crippen molar-refractivity contribution in [1.29, 1.82) is 0 Å². The summed E-state index contributed by atoms with van der Waals surface area (Å²) in [5.74, 6) is -2.02. The number of carboxylic acid groups (broad SMARTS) is 1. The van der Waals surface area contributed by atoms with E-state index in [1.165, 1.54) is 24.3 Å². The van der Waals surface area contributed by atoms with Crippen LogP contribution in [0.3, 0.4) is 0 Å². The molecule has 0 fully saturated rings. The first-order chi connectivity index (χ1) is 16.3. The van der Waals surface area contributed by atoms with Gasteiger partial charge in [-0.05, 0) is 54.4 Å². The molecule has 0 saturated carbocycles. The van der Waals surface area contributed by atoms with Crippen LogP contribution in [0.15, 0.2) is 78.9 Å². The summed E-state index contributed by atoms with van der Waals surface area (Å²) < 4.78 is 0. The predicted octanol–water partition coefficient (Wildman–Crippen LogP) is 3.88. The first-order valence-corrected chi connectivity index (χ1v) is 10.2. The molecule has 0 bridgehead atoms. The number of rotatable bonds is 8. The second-order valence-electron chi connectivity index (χ2n) is 7.37. The molecule has 3 rings (SSSR count). The van der Waals surface area contributed by atoms with Gasteiger partial charge >= 0.3 is 12.0 Å². The molecule has 34 heavy (non-hydrogen) atoms. The molecule has 174 valence electrons. The van der Waals surface area contributed by atoms with Gasteiger partial charge in [0.25, 0.3) is 5.69 Å². The Morgan fingerprint density at radius 3 is 2.26 bits per heavy atom. The fraction of sp³-hybridized carbons (Fsp3) is 0.125. The zero-order valence-electron chi connectivity index (χ0n) is 18.2. The quantitative estimate of drug-likeness (QED) is 0.343. The minimum absolute atomic E-state index is 0.166. The summed E-state index contributed by atoms with van der Waals surface area (Å²) >= 11 is 0. The monoisotopic (exact) mass is 462 g/mol. The summed E-state index contributed by atoms with van der Waals surface area (Å²) in [6.07, 6.45) is 0. The lowest BCUT2D eigenvalue weighted by Crippen LogP contribution is -2.45. The number of benzene rings is 3. The number of aryl methyl sites for hydroxylation is 1. The van der Waals surface area contributed by atoms with E-state index >= 15 is 0 Å². The largest absolute Gasteiger partial charge is 0.479 e. The number of carboxylic acids is 1. The number of amides is 3. The van der Waals surface area contributed by atoms with Gasteiger partial charge in [0.1, 0.15) is 0 Å². The van der Waals surface area contributed by atoms with Crippen LogP contribution in [0.5, 0.6) is 0 Å². The van der Waals surface area contributed by atoms with Crippen molar-refractivity contribution in [2.24, 2.45) is 0 Å². The van der Waals surface area contributed by atoms with Crippen LogP contribution in [0.1, 0.15) is 17.2 Å². The van der Waals surface area contributed by atoms with Crippen molar-refractivity contribution in [3.8, 4) is 0 Å². The van der Waals surface area contributed by atoms with Crippen LogP contribution < -0.4 is 15.5 Å². The molecule has 0 saturated heterocycles. The van der Waals surface area contributed by atoms with E-state index in [1.54, 1.807) is 48.5 Å². The van der Waals surface area contributed by atoms with Crippen molar-refractivity contribution < 1.29 is 24.4 Å². The fourth-order valence-electron chi connectivity index (χ4n) is 3.35. The van der Waals surface area contributed by atoms with Gasteiger partial charge in [-0.3, -0.25) is 19.8 Å². The Balaban J connectivity index is 1.84. The Kier molecular flexibility index (Phi) is 7.55. The Morgan fingerprint density at radius 1 is 1.00 bits per heavy atom. The third kappa shape index (κ3) is 5.94. The van der Waals surface area contributed by atoms with Crippen LogP contribution in [-0.2, 0) is 9.59 Å². The summed E-state index contributed by atoms with van der Waals surface area (Å²) in [6.45, 7) is 1.39. The molecule has 3 aromatic rings. The zero-order chi connectivity index (χ0) is 24.7. The first-order valence-electron chi connectivity index (χ1n) is 10.2. The molecule has 1 atom stereocenters. The number of para-hydroxylation sites is 1. The van der Waals surface area contributed by atoms with Crippen LogP contribution in [0.25, 0.3) is 0 Å². The number of hydrogen-bond acceptors (Lipinski definition) is 5. The lowest BCUT2D eigenvalue weighted by atomic mass is 10.0. The Hall–Kier alpha value is -4.73. The molecule has 0 aliphatic rings. The molecule has 0 radical (unpaired) electrons. The van der Waals surface area contributed by atoms with Crippen molar-refractivity contribution in [2.75, 3.05) is 16.8 Å². The van der Waals surface area contributed by atoms with Gasteiger partial charge in [0, 0.05) is 23.5 Å². The van der Waals surface area contributed by atoms with Crippen LogP contribution in [-0.4, -0.2) is 34.5 Å². The number of aliphatic carboxylic acids is 1. The highest BCUT2D eigenvalue weighted by Crippen LogP contribution is 2.29. The van der Waals surface area contributed by atoms with Gasteiger partial charge in [-0.15, -0.1) is 0 Å². The van der Waals surface area contributed by atoms with E-state index in [9.17, 15) is 29.6 Å². The Labute approximate surface area is 195 Å². The number of carbonyl (C=O) groups is 3. The number of non-ortho nitro benzene ring substituents is 1. The number of carbonyl (C=O) groups excluding carboxylic acids is 2. The van der Waals surface area contributed by atoms with Crippen LogP contribution in [0.4, 0.5) is 21.9 Å². The van der Waals surface area contributed by atoms with Gasteiger partial charge in [-0.2, -0.15) is 0 Å². The van der Waals surface area contributed by atoms with E-state index in [4.69, 9.17) is 0 Å². The molecule has 0 aliphatic heterocycles. The van der Waals surface area contributed by atoms with E-state index in [1.807, 2.05) is 13.0 Å². The van der Waals surface area contributed by atoms with Crippen molar-refractivity contribution >= 4 is 35.0 Å². The molecular formula is C24H22N4O6. The number of nitrogens with zero attached hydrogens (tertiary/aromatic N) is 2. The lowest BCUT2D eigenvalue weighted by Gasteiger charge is -2.29. The summed E-state index contributed by atoms with van der Waals surface area (Å²) in [5, 5.41) is 26.0. The third-order valence-corrected chi connectivity index (χ3v) is 4.89. The fourth-order valence-corrected chi connectivity index (χ4v) is 3.35. The van der Waals surface area contributed by atoms with Gasteiger partial charge in [0.05, 0.1) is 11.5 Å². The molecule has 0 heterocycles. The van der Waals surface area contributed by atoms with E-state index in [0.29, 0.717) is 11.4 Å². The molecule has 3 N–H and O–H groups in total. The maximum absolute atomic E-state index is 13.2. The highest BCUT2D eigenvalue weighted by atomic mass is 16.6. The first kappa shape index (κ1) is 23.9. The van der Waals surface area contributed by atoms with E-state index in [-0.39, 0.29) is 11.3 Å². The minimum atomic E-state index is -1.47. The molecule has 3 amide bonds. The third-order valence-electron chi connectivity index (χ3n) is 4.89. The number of hydrogen-bond donors (Lipinski definition) is 3. The molecule has 10 heteroatoms. The number of nitrogens with one attached hydrogen (secondary N) is 2. The number of urea groups is 1. The Morgan fingerprint density at radius 2 is 1.68 bits per heavy atom. The molecule has 0 unspecified atom stereocenters. The smallest absolute Gasteiger partial charge is 0.331 e. The average molecular weight is 462 g/mol. The van der Waals surface area contributed by atoms with Crippen LogP contribution in [0, 0.1) is 17.0 Å². The number of anilines is 2. The molecule has 3 aromatic carbocycles. The topological polar surface area (TPSA) is 142 Å². The predicted molar refractivity (Wildman–Crippen MR) is 126 cm³/mol. The highest BCUT2D eigenvalue weighted by Gasteiger charge is 2.33. The highest BCUT2D eigenvalue weighted by molar-refractivity contribution is 6.02.